The van der Waals surface area contributed by atoms with Gasteiger partial charge in [0.1, 0.15) is 0 Å². The molecule has 0 atom stereocenters. The molecule has 2 aromatic rings. The summed E-state index contributed by atoms with van der Waals surface area (Å²) < 4.78 is 38.7. The van der Waals surface area contributed by atoms with Crippen LogP contribution in [0.4, 0.5) is 18.9 Å². The molecule has 4 nitrogen and oxygen atoms in total. The van der Waals surface area contributed by atoms with Crippen LogP contribution < -0.4 is 10.6 Å². The summed E-state index contributed by atoms with van der Waals surface area (Å²) in [5.74, 6) is -0.556. The molecule has 0 unspecified atom stereocenters. The van der Waals surface area contributed by atoms with Gasteiger partial charge in [0, 0.05) is 30.1 Å². The molecule has 0 bridgehead atoms. The van der Waals surface area contributed by atoms with Crippen molar-refractivity contribution in [2.75, 3.05) is 11.9 Å². The summed E-state index contributed by atoms with van der Waals surface area (Å²) in [6.07, 6.45) is -4.41. The molecule has 0 radical (unpaired) electrons. The van der Waals surface area contributed by atoms with Crippen LogP contribution in [0.3, 0.4) is 0 Å². The second-order valence-corrected chi connectivity index (χ2v) is 6.90. The number of halogens is 3. The lowest BCUT2D eigenvalue weighted by atomic mass is 9.83. The highest BCUT2D eigenvalue weighted by Crippen LogP contribution is 2.32. The number of rotatable bonds is 5. The molecule has 2 rings (SSSR count). The third-order valence-corrected chi connectivity index (χ3v) is 4.13. The zero-order valence-corrected chi connectivity index (χ0v) is 15.3. The van der Waals surface area contributed by atoms with Gasteiger partial charge in [-0.05, 0) is 35.9 Å². The molecule has 27 heavy (non-hydrogen) atoms. The van der Waals surface area contributed by atoms with Crippen molar-refractivity contribution < 1.29 is 22.8 Å². The van der Waals surface area contributed by atoms with Crippen molar-refractivity contribution in [3.05, 3.63) is 65.2 Å². The summed E-state index contributed by atoms with van der Waals surface area (Å²) in [7, 11) is 0. The van der Waals surface area contributed by atoms with Crippen molar-refractivity contribution in [1.82, 2.24) is 5.32 Å². The van der Waals surface area contributed by atoms with Crippen LogP contribution in [0.1, 0.15) is 42.3 Å². The first-order valence-corrected chi connectivity index (χ1v) is 8.33. The van der Waals surface area contributed by atoms with E-state index in [0.29, 0.717) is 16.8 Å². The van der Waals surface area contributed by atoms with Crippen LogP contribution in [0.15, 0.2) is 48.5 Å². The number of amides is 2. The minimum atomic E-state index is -4.41. The maximum atomic E-state index is 12.9. The molecular weight excluding hydrogens is 357 g/mol. The molecule has 0 saturated heterocycles. The number of hydrogen-bond acceptors (Lipinski definition) is 2. The summed E-state index contributed by atoms with van der Waals surface area (Å²) in [5, 5.41) is 5.35. The number of benzene rings is 2. The molecule has 0 aliphatic rings. The van der Waals surface area contributed by atoms with Crippen LogP contribution in [0.5, 0.6) is 0 Å². The minimum absolute atomic E-state index is 0.167. The van der Waals surface area contributed by atoms with E-state index in [1.165, 1.54) is 13.0 Å². The quantitative estimate of drug-likeness (QED) is 0.812. The average molecular weight is 378 g/mol. The van der Waals surface area contributed by atoms with Crippen LogP contribution in [0.25, 0.3) is 0 Å². The van der Waals surface area contributed by atoms with Crippen molar-refractivity contribution in [2.45, 2.75) is 32.4 Å². The molecule has 0 aromatic heterocycles. The number of alkyl halides is 3. The Kier molecular flexibility index (Phi) is 5.93. The average Bonchev–Trinajstić information content (AvgIpc) is 2.59. The fourth-order valence-corrected chi connectivity index (χ4v) is 2.53. The first-order chi connectivity index (χ1) is 12.5. The highest BCUT2D eigenvalue weighted by atomic mass is 19.4. The summed E-state index contributed by atoms with van der Waals surface area (Å²) >= 11 is 0. The van der Waals surface area contributed by atoms with Gasteiger partial charge in [-0.2, -0.15) is 13.2 Å². The van der Waals surface area contributed by atoms with Crippen molar-refractivity contribution >= 4 is 17.5 Å². The lowest BCUT2D eigenvalue weighted by Crippen LogP contribution is -2.36. The Balaban J connectivity index is 2.06. The van der Waals surface area contributed by atoms with Crippen molar-refractivity contribution in [3.8, 4) is 0 Å². The van der Waals surface area contributed by atoms with Crippen LogP contribution in [0, 0.1) is 0 Å². The van der Waals surface area contributed by atoms with E-state index in [9.17, 15) is 22.8 Å². The van der Waals surface area contributed by atoms with Gasteiger partial charge < -0.3 is 10.6 Å². The molecule has 0 aliphatic heterocycles. The van der Waals surface area contributed by atoms with Crippen LogP contribution in [-0.4, -0.2) is 18.4 Å². The van der Waals surface area contributed by atoms with Crippen molar-refractivity contribution in [2.24, 2.45) is 0 Å². The summed E-state index contributed by atoms with van der Waals surface area (Å²) in [6.45, 7) is 5.09. The Morgan fingerprint density at radius 3 is 2.11 bits per heavy atom. The van der Waals surface area contributed by atoms with Gasteiger partial charge >= 0.3 is 6.18 Å². The van der Waals surface area contributed by atoms with E-state index in [-0.39, 0.29) is 18.4 Å². The maximum Gasteiger partial charge on any atom is 0.416 e. The second kappa shape index (κ2) is 7.82. The van der Waals surface area contributed by atoms with E-state index in [0.717, 1.165) is 12.1 Å². The second-order valence-electron chi connectivity index (χ2n) is 6.90. The molecule has 0 spiro atoms. The fourth-order valence-electron chi connectivity index (χ4n) is 2.53. The van der Waals surface area contributed by atoms with E-state index in [4.69, 9.17) is 0 Å². The molecule has 0 aliphatic carbocycles. The van der Waals surface area contributed by atoms with E-state index >= 15 is 0 Å². The summed E-state index contributed by atoms with van der Waals surface area (Å²) in [6, 6.07) is 11.5. The number of carbonyl (C=O) groups excluding carboxylic acids is 2. The SMILES string of the molecule is CC(=O)Nc1ccc(C(=O)NCC(C)(C)c2cccc(C(F)(F)F)c2)cc1. The molecule has 0 heterocycles. The van der Waals surface area contributed by atoms with Gasteiger partial charge in [0.25, 0.3) is 5.91 Å². The standard InChI is InChI=1S/C20H21F3N2O2/c1-13(26)25-17-9-7-14(8-10-17)18(27)24-12-19(2,3)15-5-4-6-16(11-15)20(21,22)23/h4-11H,12H2,1-3H3,(H,24,27)(H,25,26). The fraction of sp³-hybridized carbons (Fsp3) is 0.300. The third-order valence-electron chi connectivity index (χ3n) is 4.13. The Morgan fingerprint density at radius 2 is 1.56 bits per heavy atom. The normalized spacial score (nSPS) is 11.8. The molecule has 144 valence electrons. The van der Waals surface area contributed by atoms with Crippen LogP contribution >= 0.6 is 0 Å². The maximum absolute atomic E-state index is 12.9. The van der Waals surface area contributed by atoms with Gasteiger partial charge in [0.05, 0.1) is 5.56 Å². The molecule has 0 fully saturated rings. The van der Waals surface area contributed by atoms with Crippen molar-refractivity contribution in [1.29, 1.82) is 0 Å². The highest BCUT2D eigenvalue weighted by Gasteiger charge is 2.32. The molecule has 7 heteroatoms. The molecular formula is C20H21F3N2O2. The largest absolute Gasteiger partial charge is 0.416 e. The van der Waals surface area contributed by atoms with Crippen LogP contribution in [-0.2, 0) is 16.4 Å². The van der Waals surface area contributed by atoms with Gasteiger partial charge in [-0.25, -0.2) is 0 Å². The number of nitrogens with one attached hydrogen (secondary N) is 2. The van der Waals surface area contributed by atoms with Crippen molar-refractivity contribution in [3.63, 3.8) is 0 Å². The third kappa shape index (κ3) is 5.57. The van der Waals surface area contributed by atoms with Gasteiger partial charge in [-0.15, -0.1) is 0 Å². The monoisotopic (exact) mass is 378 g/mol. The lowest BCUT2D eigenvalue weighted by Gasteiger charge is -2.26. The summed E-state index contributed by atoms with van der Waals surface area (Å²) in [5.41, 5.74) is 0.0476. The molecule has 0 saturated carbocycles. The number of anilines is 1. The van der Waals surface area contributed by atoms with Crippen LogP contribution in [0.2, 0.25) is 0 Å². The van der Waals surface area contributed by atoms with Gasteiger partial charge in [-0.3, -0.25) is 9.59 Å². The van der Waals surface area contributed by atoms with E-state index in [2.05, 4.69) is 10.6 Å². The number of carbonyl (C=O) groups is 2. The molecule has 2 aromatic carbocycles. The number of hydrogen-bond donors (Lipinski definition) is 2. The Labute approximate surface area is 155 Å². The molecule has 2 N–H and O–H groups in total. The molecule has 2 amide bonds. The smallest absolute Gasteiger partial charge is 0.351 e. The Bertz CT molecular complexity index is 828. The van der Waals surface area contributed by atoms with Gasteiger partial charge in [0.15, 0.2) is 0 Å². The predicted octanol–water partition coefficient (Wildman–Crippen LogP) is 4.37. The zero-order valence-electron chi connectivity index (χ0n) is 15.3. The topological polar surface area (TPSA) is 58.2 Å². The highest BCUT2D eigenvalue weighted by molar-refractivity contribution is 5.95. The first-order valence-electron chi connectivity index (χ1n) is 8.33. The Hall–Kier alpha value is -2.83. The summed E-state index contributed by atoms with van der Waals surface area (Å²) in [4.78, 5) is 23.3. The van der Waals surface area contributed by atoms with Gasteiger partial charge in [-0.1, -0.05) is 32.0 Å². The van der Waals surface area contributed by atoms with E-state index in [1.54, 1.807) is 44.2 Å². The Morgan fingerprint density at radius 1 is 0.963 bits per heavy atom. The lowest BCUT2D eigenvalue weighted by molar-refractivity contribution is -0.137. The van der Waals surface area contributed by atoms with E-state index < -0.39 is 17.2 Å². The van der Waals surface area contributed by atoms with E-state index in [1.807, 2.05) is 0 Å². The zero-order chi connectivity index (χ0) is 20.2. The first kappa shape index (κ1) is 20.5. The van der Waals surface area contributed by atoms with Gasteiger partial charge in [0.2, 0.25) is 5.91 Å². The predicted molar refractivity (Wildman–Crippen MR) is 97.5 cm³/mol. The minimum Gasteiger partial charge on any atom is -0.351 e.